The molecule has 0 saturated heterocycles. The summed E-state index contributed by atoms with van der Waals surface area (Å²) in [5, 5.41) is 8.91. The van der Waals surface area contributed by atoms with Crippen molar-refractivity contribution >= 4 is 23.3 Å². The van der Waals surface area contributed by atoms with Crippen molar-refractivity contribution in [2.45, 2.75) is 0 Å². The first-order chi connectivity index (χ1) is 10.5. The summed E-state index contributed by atoms with van der Waals surface area (Å²) in [4.78, 5) is 27.5. The Kier molecular flexibility index (Phi) is 4.18. The van der Waals surface area contributed by atoms with Crippen LogP contribution >= 0.6 is 0 Å². The molecular formula is C16H11FN2O3. The van der Waals surface area contributed by atoms with E-state index in [1.54, 1.807) is 0 Å². The van der Waals surface area contributed by atoms with Gasteiger partial charge in [0.2, 0.25) is 0 Å². The lowest BCUT2D eigenvalue weighted by Gasteiger charge is -2.18. The van der Waals surface area contributed by atoms with Gasteiger partial charge < -0.3 is 10.0 Å². The van der Waals surface area contributed by atoms with E-state index in [4.69, 9.17) is 11.7 Å². The summed E-state index contributed by atoms with van der Waals surface area (Å²) >= 11 is 0. The van der Waals surface area contributed by atoms with E-state index in [-0.39, 0.29) is 11.3 Å². The second-order valence-electron chi connectivity index (χ2n) is 4.47. The minimum absolute atomic E-state index is 0.126. The molecule has 1 N–H and O–H groups in total. The summed E-state index contributed by atoms with van der Waals surface area (Å²) in [5.74, 6) is -2.87. The van der Waals surface area contributed by atoms with Crippen molar-refractivity contribution in [3.05, 3.63) is 70.8 Å². The minimum atomic E-state index is -1.40. The van der Waals surface area contributed by atoms with E-state index >= 15 is 0 Å². The van der Waals surface area contributed by atoms with Gasteiger partial charge in [-0.25, -0.2) is 14.0 Å². The van der Waals surface area contributed by atoms with Crippen molar-refractivity contribution in [1.82, 2.24) is 0 Å². The smallest absolute Gasteiger partial charge is 0.338 e. The summed E-state index contributed by atoms with van der Waals surface area (Å²) in [7, 11) is 1.36. The van der Waals surface area contributed by atoms with E-state index in [0.29, 0.717) is 5.69 Å². The molecule has 0 spiro atoms. The highest BCUT2D eigenvalue weighted by Crippen LogP contribution is 2.23. The number of carbonyl (C=O) groups is 2. The van der Waals surface area contributed by atoms with Gasteiger partial charge in [0.1, 0.15) is 0 Å². The van der Waals surface area contributed by atoms with Crippen LogP contribution in [0.4, 0.5) is 15.8 Å². The maximum atomic E-state index is 14.2. The van der Waals surface area contributed by atoms with Crippen molar-refractivity contribution in [2.75, 3.05) is 11.9 Å². The number of carbonyl (C=O) groups excluding carboxylic acids is 1. The van der Waals surface area contributed by atoms with E-state index in [9.17, 15) is 14.0 Å². The van der Waals surface area contributed by atoms with Crippen LogP contribution in [0.25, 0.3) is 4.85 Å². The lowest BCUT2D eigenvalue weighted by molar-refractivity contribution is 0.0691. The van der Waals surface area contributed by atoms with Gasteiger partial charge in [0.15, 0.2) is 11.5 Å². The summed E-state index contributed by atoms with van der Waals surface area (Å²) < 4.78 is 14.2. The van der Waals surface area contributed by atoms with Gasteiger partial charge in [-0.05, 0) is 12.1 Å². The molecule has 0 aliphatic rings. The van der Waals surface area contributed by atoms with Gasteiger partial charge in [0, 0.05) is 12.6 Å². The molecule has 0 bridgehead atoms. The first-order valence-electron chi connectivity index (χ1n) is 6.23. The monoisotopic (exact) mass is 298 g/mol. The van der Waals surface area contributed by atoms with Crippen LogP contribution < -0.4 is 4.90 Å². The minimum Gasteiger partial charge on any atom is -0.478 e. The predicted molar refractivity (Wildman–Crippen MR) is 78.8 cm³/mol. The molecule has 0 aromatic heterocycles. The third-order valence-corrected chi connectivity index (χ3v) is 3.12. The fraction of sp³-hybridized carbons (Fsp3) is 0.0625. The highest BCUT2D eigenvalue weighted by Gasteiger charge is 2.20. The quantitative estimate of drug-likeness (QED) is 0.884. The lowest BCUT2D eigenvalue weighted by atomic mass is 10.1. The van der Waals surface area contributed by atoms with E-state index in [0.717, 1.165) is 11.0 Å². The molecule has 5 nitrogen and oxygen atoms in total. The molecule has 2 aromatic rings. The van der Waals surface area contributed by atoms with Gasteiger partial charge >= 0.3 is 5.97 Å². The average Bonchev–Trinajstić information content (AvgIpc) is 2.53. The van der Waals surface area contributed by atoms with Crippen molar-refractivity contribution in [3.63, 3.8) is 0 Å². The Hall–Kier alpha value is -3.20. The van der Waals surface area contributed by atoms with Crippen LogP contribution in [0.1, 0.15) is 20.7 Å². The topological polar surface area (TPSA) is 62.0 Å². The van der Waals surface area contributed by atoms with Crippen LogP contribution in [-0.4, -0.2) is 24.0 Å². The Balaban J connectivity index is 2.37. The number of halogens is 1. The van der Waals surface area contributed by atoms with Crippen LogP contribution in [-0.2, 0) is 0 Å². The Morgan fingerprint density at radius 3 is 2.36 bits per heavy atom. The number of anilines is 1. The molecule has 22 heavy (non-hydrogen) atoms. The zero-order chi connectivity index (χ0) is 16.3. The largest absolute Gasteiger partial charge is 0.478 e. The second-order valence-corrected chi connectivity index (χ2v) is 4.47. The number of carboxylic acid groups (broad SMARTS) is 1. The molecule has 6 heteroatoms. The number of amides is 1. The van der Waals surface area contributed by atoms with Crippen LogP contribution in [0.15, 0.2) is 42.5 Å². The third-order valence-electron chi connectivity index (χ3n) is 3.12. The van der Waals surface area contributed by atoms with Gasteiger partial charge in [-0.1, -0.05) is 30.3 Å². The zero-order valence-corrected chi connectivity index (χ0v) is 11.6. The molecule has 0 heterocycles. The van der Waals surface area contributed by atoms with Crippen molar-refractivity contribution < 1.29 is 19.1 Å². The van der Waals surface area contributed by atoms with E-state index in [1.165, 1.54) is 43.4 Å². The molecule has 1 amide bonds. The van der Waals surface area contributed by atoms with E-state index in [2.05, 4.69) is 4.85 Å². The molecule has 0 saturated carbocycles. The summed E-state index contributed by atoms with van der Waals surface area (Å²) in [6, 6.07) is 9.72. The molecular weight excluding hydrogens is 287 g/mol. The maximum Gasteiger partial charge on any atom is 0.338 e. The lowest BCUT2D eigenvalue weighted by Crippen LogP contribution is -2.27. The van der Waals surface area contributed by atoms with Gasteiger partial charge in [-0.2, -0.15) is 0 Å². The number of benzene rings is 2. The Labute approximate surface area is 126 Å². The maximum absolute atomic E-state index is 14.2. The van der Waals surface area contributed by atoms with Crippen LogP contribution in [0, 0.1) is 12.4 Å². The number of carboxylic acids is 1. The SMILES string of the molecule is [C-]#[N+]c1ccc(C(=O)N(C)c2cccc(C(=O)O)c2F)cc1. The average molecular weight is 298 g/mol. The van der Waals surface area contributed by atoms with Crippen molar-refractivity contribution in [1.29, 1.82) is 0 Å². The van der Waals surface area contributed by atoms with Crippen LogP contribution in [0.3, 0.4) is 0 Å². The fourth-order valence-corrected chi connectivity index (χ4v) is 1.93. The molecule has 0 aliphatic carbocycles. The zero-order valence-electron chi connectivity index (χ0n) is 11.6. The van der Waals surface area contributed by atoms with E-state index in [1.807, 2.05) is 0 Å². The molecule has 0 radical (unpaired) electrons. The van der Waals surface area contributed by atoms with Gasteiger partial charge in [-0.15, -0.1) is 0 Å². The molecule has 0 unspecified atom stereocenters. The number of aromatic carboxylic acids is 1. The molecule has 0 aliphatic heterocycles. The second kappa shape index (κ2) is 6.06. The highest BCUT2D eigenvalue weighted by atomic mass is 19.1. The van der Waals surface area contributed by atoms with Crippen molar-refractivity contribution in [3.8, 4) is 0 Å². The van der Waals surface area contributed by atoms with E-state index < -0.39 is 23.3 Å². The Bertz CT molecular complexity index is 779. The number of nitrogens with zero attached hydrogens (tertiary/aromatic N) is 2. The molecule has 0 atom stereocenters. The fourth-order valence-electron chi connectivity index (χ4n) is 1.93. The molecule has 2 aromatic carbocycles. The normalized spacial score (nSPS) is 9.86. The molecule has 2 rings (SSSR count). The number of hydrogen-bond acceptors (Lipinski definition) is 2. The summed E-state index contributed by atoms with van der Waals surface area (Å²) in [6.45, 7) is 6.86. The van der Waals surface area contributed by atoms with Gasteiger partial charge in [0.05, 0.1) is 17.8 Å². The predicted octanol–water partition coefficient (Wildman–Crippen LogP) is 3.35. The Morgan fingerprint density at radius 1 is 1.18 bits per heavy atom. The van der Waals surface area contributed by atoms with Crippen LogP contribution in [0.5, 0.6) is 0 Å². The standard InChI is InChI=1S/C16H11FN2O3/c1-18-11-8-6-10(7-9-11)15(20)19(2)13-5-3-4-12(14(13)17)16(21)22/h3-9H,2H3,(H,21,22). The van der Waals surface area contributed by atoms with Crippen molar-refractivity contribution in [2.24, 2.45) is 0 Å². The summed E-state index contributed by atoms with van der Waals surface area (Å²) in [6.07, 6.45) is 0. The van der Waals surface area contributed by atoms with Gasteiger partial charge in [-0.3, -0.25) is 4.79 Å². The Morgan fingerprint density at radius 2 is 1.82 bits per heavy atom. The molecule has 110 valence electrons. The van der Waals surface area contributed by atoms with Gasteiger partial charge in [0.25, 0.3) is 5.91 Å². The number of rotatable bonds is 3. The number of hydrogen-bond donors (Lipinski definition) is 1. The van der Waals surface area contributed by atoms with Crippen LogP contribution in [0.2, 0.25) is 0 Å². The highest BCUT2D eigenvalue weighted by molar-refractivity contribution is 6.06. The first-order valence-corrected chi connectivity index (χ1v) is 6.23. The molecule has 0 fully saturated rings. The third kappa shape index (κ3) is 2.79. The summed E-state index contributed by atoms with van der Waals surface area (Å²) in [5.41, 5.74) is 0.0351. The first kappa shape index (κ1) is 15.2.